The second-order valence-corrected chi connectivity index (χ2v) is 12.9. The Hall–Kier alpha value is -0.200. The molecule has 0 radical (unpaired) electrons. The number of carbonyl (C=O) groups is 2. The lowest BCUT2D eigenvalue weighted by Gasteiger charge is -2.35. The first-order valence-corrected chi connectivity index (χ1v) is 12.7. The molecule has 0 rings (SSSR count). The van der Waals surface area contributed by atoms with Gasteiger partial charge in [0.2, 0.25) is 0 Å². The third kappa shape index (κ3) is 11.0. The number of esters is 1. The van der Waals surface area contributed by atoms with Crippen LogP contribution in [0, 0.1) is 11.8 Å². The lowest BCUT2D eigenvalue weighted by Crippen LogP contribution is -2.44. The molecule has 4 unspecified atom stereocenters. The van der Waals surface area contributed by atoms with Gasteiger partial charge in [0, 0.05) is 21.8 Å². The van der Waals surface area contributed by atoms with E-state index in [9.17, 15) is 9.59 Å². The monoisotopic (exact) mass is 476 g/mol. The van der Waals surface area contributed by atoms with Crippen molar-refractivity contribution in [2.45, 2.75) is 128 Å². The minimum Gasteiger partial charge on any atom is -0.459 e. The Morgan fingerprint density at radius 2 is 1.39 bits per heavy atom. The highest BCUT2D eigenvalue weighted by atomic mass is 32.1. The highest BCUT2D eigenvalue weighted by molar-refractivity contribution is 7.82. The molecule has 5 atom stereocenters. The predicted molar refractivity (Wildman–Crippen MR) is 137 cm³/mol. The number of ketones is 1. The van der Waals surface area contributed by atoms with E-state index in [-0.39, 0.29) is 33.1 Å². The molecule has 0 aliphatic carbocycles. The van der Waals surface area contributed by atoms with Crippen molar-refractivity contribution in [3.05, 3.63) is 0 Å². The van der Waals surface area contributed by atoms with Gasteiger partial charge < -0.3 is 9.47 Å². The Kier molecular flexibility index (Phi) is 12.2. The summed E-state index contributed by atoms with van der Waals surface area (Å²) in [6.07, 6.45) is 4.08. The summed E-state index contributed by atoms with van der Waals surface area (Å²) >= 11 is 9.22. The van der Waals surface area contributed by atoms with Gasteiger partial charge in [-0.05, 0) is 46.0 Å². The van der Waals surface area contributed by atoms with Gasteiger partial charge in [0.1, 0.15) is 11.2 Å². The Bertz CT molecular complexity index is 585. The Morgan fingerprint density at radius 1 is 0.839 bits per heavy atom. The fourth-order valence-electron chi connectivity index (χ4n) is 3.73. The largest absolute Gasteiger partial charge is 0.459 e. The van der Waals surface area contributed by atoms with Crippen molar-refractivity contribution in [2.75, 3.05) is 6.61 Å². The van der Waals surface area contributed by atoms with Crippen molar-refractivity contribution in [1.82, 2.24) is 0 Å². The molecule has 0 aromatic rings. The van der Waals surface area contributed by atoms with Crippen molar-refractivity contribution < 1.29 is 19.1 Å². The summed E-state index contributed by atoms with van der Waals surface area (Å²) in [4.78, 5) is 25.8. The first kappa shape index (κ1) is 30.8. The van der Waals surface area contributed by atoms with Gasteiger partial charge in [-0.2, -0.15) is 25.3 Å². The van der Waals surface area contributed by atoms with Crippen LogP contribution >= 0.6 is 25.3 Å². The fraction of sp³-hybridized carbons (Fsp3) is 0.920. The second kappa shape index (κ2) is 12.3. The van der Waals surface area contributed by atoms with Crippen LogP contribution in [-0.4, -0.2) is 39.1 Å². The van der Waals surface area contributed by atoms with E-state index in [2.05, 4.69) is 32.2 Å². The molecular weight excluding hydrogens is 428 g/mol. The summed E-state index contributed by atoms with van der Waals surface area (Å²) in [7, 11) is 0. The lowest BCUT2D eigenvalue weighted by molar-refractivity contribution is -0.168. The van der Waals surface area contributed by atoms with Crippen molar-refractivity contribution >= 4 is 37.0 Å². The molecule has 0 saturated carbocycles. The van der Waals surface area contributed by atoms with Crippen LogP contribution in [0.5, 0.6) is 0 Å². The molecule has 0 bridgehead atoms. The van der Waals surface area contributed by atoms with Gasteiger partial charge in [-0.25, -0.2) is 0 Å². The van der Waals surface area contributed by atoms with Crippen LogP contribution in [0.3, 0.4) is 0 Å². The van der Waals surface area contributed by atoms with Gasteiger partial charge in [-0.1, -0.05) is 55.4 Å². The van der Waals surface area contributed by atoms with Crippen LogP contribution in [0.2, 0.25) is 0 Å². The molecule has 0 saturated heterocycles. The summed E-state index contributed by atoms with van der Waals surface area (Å²) in [6.45, 7) is 20.1. The van der Waals surface area contributed by atoms with Crippen LogP contribution in [0.15, 0.2) is 0 Å². The molecule has 0 aromatic heterocycles. The van der Waals surface area contributed by atoms with Crippen LogP contribution in [0.4, 0.5) is 0 Å². The minimum absolute atomic E-state index is 0.105. The average Bonchev–Trinajstić information content (AvgIpc) is 2.65. The molecule has 0 aliphatic rings. The van der Waals surface area contributed by atoms with Gasteiger partial charge in [0.15, 0.2) is 5.78 Å². The van der Waals surface area contributed by atoms with E-state index in [0.717, 1.165) is 6.42 Å². The van der Waals surface area contributed by atoms with Gasteiger partial charge >= 0.3 is 5.97 Å². The number of thiol groups is 2. The molecule has 0 aliphatic heterocycles. The summed E-state index contributed by atoms with van der Waals surface area (Å²) in [6, 6.07) is 0. The molecule has 0 spiro atoms. The zero-order chi connectivity index (χ0) is 24.7. The van der Waals surface area contributed by atoms with E-state index in [4.69, 9.17) is 9.47 Å². The molecule has 0 amide bonds. The van der Waals surface area contributed by atoms with Crippen LogP contribution in [0.25, 0.3) is 0 Å². The Morgan fingerprint density at radius 3 is 1.81 bits per heavy atom. The van der Waals surface area contributed by atoms with Gasteiger partial charge in [-0.3, -0.25) is 9.59 Å². The molecule has 31 heavy (non-hydrogen) atoms. The number of hydrogen-bond donors (Lipinski definition) is 2. The van der Waals surface area contributed by atoms with E-state index < -0.39 is 11.2 Å². The van der Waals surface area contributed by atoms with E-state index >= 15 is 0 Å². The smallest absolute Gasteiger partial charge is 0.309 e. The predicted octanol–water partition coefficient (Wildman–Crippen LogP) is 6.70. The van der Waals surface area contributed by atoms with Crippen LogP contribution in [-0.2, 0) is 19.1 Å². The first-order chi connectivity index (χ1) is 13.9. The number of ether oxygens (including phenoxy) is 2. The van der Waals surface area contributed by atoms with Crippen molar-refractivity contribution in [1.29, 1.82) is 0 Å². The molecule has 184 valence electrons. The Balaban J connectivity index is 5.01. The third-order valence-corrected chi connectivity index (χ3v) is 7.19. The Labute approximate surface area is 202 Å². The van der Waals surface area contributed by atoms with E-state index in [0.29, 0.717) is 38.7 Å². The van der Waals surface area contributed by atoms with Gasteiger partial charge in [0.05, 0.1) is 12.5 Å². The van der Waals surface area contributed by atoms with Gasteiger partial charge in [0.25, 0.3) is 0 Å². The maximum atomic E-state index is 13.1. The number of carbonyl (C=O) groups excluding carboxylic acids is 2. The molecule has 0 fully saturated rings. The van der Waals surface area contributed by atoms with Crippen molar-refractivity contribution in [3.63, 3.8) is 0 Å². The summed E-state index contributed by atoms with van der Waals surface area (Å²) in [5, 5.41) is 0. The van der Waals surface area contributed by atoms with Crippen LogP contribution < -0.4 is 0 Å². The van der Waals surface area contributed by atoms with E-state index in [1.165, 1.54) is 0 Å². The average molecular weight is 477 g/mol. The molecule has 0 heterocycles. The summed E-state index contributed by atoms with van der Waals surface area (Å²) < 4.78 is 11.6. The minimum atomic E-state index is -0.848. The van der Waals surface area contributed by atoms with Crippen LogP contribution in [0.1, 0.15) is 108 Å². The second-order valence-electron chi connectivity index (χ2n) is 10.6. The SMILES string of the molecule is CCC(C)(S)CC(C)C(=O)OC(C)(CC)CCOC(C)(CC)C(=O)[C@H](C)CC(C)(C)S. The highest BCUT2D eigenvalue weighted by Crippen LogP contribution is 2.32. The first-order valence-electron chi connectivity index (χ1n) is 11.8. The maximum absolute atomic E-state index is 13.1. The highest BCUT2D eigenvalue weighted by Gasteiger charge is 2.38. The maximum Gasteiger partial charge on any atom is 0.309 e. The van der Waals surface area contributed by atoms with E-state index in [1.54, 1.807) is 0 Å². The fourth-order valence-corrected chi connectivity index (χ4v) is 4.28. The van der Waals surface area contributed by atoms with Gasteiger partial charge in [-0.15, -0.1) is 0 Å². The topological polar surface area (TPSA) is 52.6 Å². The molecule has 0 N–H and O–H groups in total. The lowest BCUT2D eigenvalue weighted by atomic mass is 9.84. The quantitative estimate of drug-likeness (QED) is 0.204. The summed E-state index contributed by atoms with van der Waals surface area (Å²) in [5.41, 5.74) is -1.47. The molecule has 6 heteroatoms. The molecule has 0 aromatic carbocycles. The normalized spacial score (nSPS) is 20.1. The zero-order valence-corrected chi connectivity index (χ0v) is 23.4. The zero-order valence-electron chi connectivity index (χ0n) is 21.6. The molecular formula is C25H48O4S2. The number of rotatable bonds is 15. The number of hydrogen-bond acceptors (Lipinski definition) is 6. The molecule has 4 nitrogen and oxygen atoms in total. The third-order valence-electron chi connectivity index (χ3n) is 6.51. The van der Waals surface area contributed by atoms with Crippen molar-refractivity contribution in [2.24, 2.45) is 11.8 Å². The van der Waals surface area contributed by atoms with Crippen molar-refractivity contribution in [3.8, 4) is 0 Å². The number of Topliss-reactive ketones (excluding diaryl/α,β-unsaturated/α-hetero) is 1. The van der Waals surface area contributed by atoms with E-state index in [1.807, 2.05) is 62.3 Å². The standard InChI is InChI=1S/C25H48O4S2/c1-11-23(8,29-21(27)19(5)17-24(9,31)12-2)14-15-28-25(10,13-3)20(26)18(4)16-22(6,7)30/h18-19,30-31H,11-17H2,1-10H3/t18-,19?,23?,24?,25?/m1/s1. The summed E-state index contributed by atoms with van der Waals surface area (Å²) in [5.74, 6) is -0.449.